The molecular weight excluding hydrogens is 304 g/mol. The molecule has 3 aliphatic heterocycles. The van der Waals surface area contributed by atoms with Crippen LogP contribution < -0.4 is 0 Å². The molecule has 0 spiro atoms. The lowest BCUT2D eigenvalue weighted by atomic mass is 9.84. The Hall–Kier alpha value is -1.13. The fourth-order valence-corrected chi connectivity index (χ4v) is 4.49. The molecule has 0 unspecified atom stereocenters. The van der Waals surface area contributed by atoms with E-state index < -0.39 is 0 Å². The normalized spacial score (nSPS) is 50.5. The highest BCUT2D eigenvalue weighted by Crippen LogP contribution is 2.51. The maximum atomic E-state index is 12.0. The van der Waals surface area contributed by atoms with Crippen molar-refractivity contribution < 1.29 is 19.0 Å². The molecule has 0 saturated carbocycles. The average Bonchev–Trinajstić information content (AvgIpc) is 3.33. The number of fused-ring (bicyclic) bond motifs is 3. The summed E-state index contributed by atoms with van der Waals surface area (Å²) in [6.07, 6.45) is 8.53. The number of esters is 1. The van der Waals surface area contributed by atoms with Gasteiger partial charge in [-0.15, -0.1) is 0 Å². The minimum atomic E-state index is -0.230. The van der Waals surface area contributed by atoms with Gasteiger partial charge in [0.1, 0.15) is 6.10 Å². The Kier molecular flexibility index (Phi) is 3.70. The summed E-state index contributed by atoms with van der Waals surface area (Å²) in [6.45, 7) is 10.5. The molecule has 3 heterocycles. The predicted octanol–water partition coefficient (Wildman–Crippen LogP) is 3.70. The van der Waals surface area contributed by atoms with E-state index in [-0.39, 0.29) is 35.3 Å². The molecular formula is C20H28O4. The van der Waals surface area contributed by atoms with Crippen molar-refractivity contribution in [3.63, 3.8) is 0 Å². The number of ether oxygens (including phenoxy) is 3. The van der Waals surface area contributed by atoms with E-state index >= 15 is 0 Å². The summed E-state index contributed by atoms with van der Waals surface area (Å²) in [5, 5.41) is 0. The Balaban J connectivity index is 1.53. The van der Waals surface area contributed by atoms with Crippen LogP contribution in [0.2, 0.25) is 0 Å². The third kappa shape index (κ3) is 2.84. The number of allylic oxidation sites excluding steroid dienone is 1. The molecule has 3 saturated heterocycles. The molecule has 0 bridgehead atoms. The third-order valence-electron chi connectivity index (χ3n) is 6.52. The van der Waals surface area contributed by atoms with Gasteiger partial charge in [0.05, 0.1) is 23.4 Å². The lowest BCUT2D eigenvalue weighted by molar-refractivity contribution is -0.139. The first kappa shape index (κ1) is 16.3. The second-order valence-electron chi connectivity index (χ2n) is 8.48. The van der Waals surface area contributed by atoms with E-state index in [1.165, 1.54) is 5.57 Å². The van der Waals surface area contributed by atoms with Crippen molar-refractivity contribution in [3.8, 4) is 0 Å². The first-order valence-electron chi connectivity index (χ1n) is 9.22. The SMILES string of the molecule is C=C1C(=O)O[C@H]2C/C(C)=C/CC[C@]3(C)O[C@H]3CC[C@@]3(C)O[C@@H]3C[C@H]12. The predicted molar refractivity (Wildman–Crippen MR) is 90.5 cm³/mol. The first-order chi connectivity index (χ1) is 11.3. The van der Waals surface area contributed by atoms with Gasteiger partial charge in [-0.2, -0.15) is 0 Å². The number of rotatable bonds is 0. The van der Waals surface area contributed by atoms with E-state index in [9.17, 15) is 4.79 Å². The monoisotopic (exact) mass is 332 g/mol. The fourth-order valence-electron chi connectivity index (χ4n) is 4.49. The van der Waals surface area contributed by atoms with Gasteiger partial charge < -0.3 is 14.2 Å². The summed E-state index contributed by atoms with van der Waals surface area (Å²) in [5.74, 6) is -0.148. The second-order valence-corrected chi connectivity index (χ2v) is 8.48. The summed E-state index contributed by atoms with van der Waals surface area (Å²) in [6, 6.07) is 0. The molecule has 0 aromatic rings. The average molecular weight is 332 g/mol. The lowest BCUT2D eigenvalue weighted by Gasteiger charge is -2.18. The van der Waals surface area contributed by atoms with E-state index in [0.717, 1.165) is 38.5 Å². The molecule has 6 atom stereocenters. The van der Waals surface area contributed by atoms with Crippen LogP contribution in [0.5, 0.6) is 0 Å². The summed E-state index contributed by atoms with van der Waals surface area (Å²) < 4.78 is 17.6. The molecule has 24 heavy (non-hydrogen) atoms. The van der Waals surface area contributed by atoms with Crippen molar-refractivity contribution in [2.75, 3.05) is 0 Å². The molecule has 0 N–H and O–H groups in total. The maximum Gasteiger partial charge on any atom is 0.334 e. The van der Waals surface area contributed by atoms with Crippen molar-refractivity contribution in [2.45, 2.75) is 88.8 Å². The van der Waals surface area contributed by atoms with Crippen molar-refractivity contribution >= 4 is 5.97 Å². The van der Waals surface area contributed by atoms with Gasteiger partial charge >= 0.3 is 5.97 Å². The summed E-state index contributed by atoms with van der Waals surface area (Å²) in [4.78, 5) is 12.0. The van der Waals surface area contributed by atoms with Gasteiger partial charge in [-0.1, -0.05) is 18.2 Å². The van der Waals surface area contributed by atoms with Crippen LogP contribution >= 0.6 is 0 Å². The Morgan fingerprint density at radius 1 is 1.17 bits per heavy atom. The maximum absolute atomic E-state index is 12.0. The van der Waals surface area contributed by atoms with E-state index in [1.54, 1.807) is 0 Å². The highest BCUT2D eigenvalue weighted by atomic mass is 16.6. The molecule has 4 rings (SSSR count). The van der Waals surface area contributed by atoms with Crippen LogP contribution in [0.1, 0.15) is 59.3 Å². The van der Waals surface area contributed by atoms with Gasteiger partial charge in [-0.05, 0) is 52.9 Å². The van der Waals surface area contributed by atoms with Crippen LogP contribution in [0.15, 0.2) is 23.8 Å². The Bertz CT molecular complexity index is 609. The fraction of sp³-hybridized carbons (Fsp3) is 0.750. The zero-order valence-corrected chi connectivity index (χ0v) is 15.0. The number of epoxide rings is 2. The Labute approximate surface area is 144 Å². The first-order valence-corrected chi connectivity index (χ1v) is 9.22. The molecule has 0 aromatic heterocycles. The van der Waals surface area contributed by atoms with Crippen LogP contribution in [-0.4, -0.2) is 35.5 Å². The molecule has 4 nitrogen and oxygen atoms in total. The van der Waals surface area contributed by atoms with Gasteiger partial charge in [0, 0.05) is 17.9 Å². The number of carbonyl (C=O) groups excluding carboxylic acids is 1. The summed E-state index contributed by atoms with van der Waals surface area (Å²) in [5.41, 5.74) is 1.87. The molecule has 0 aromatic carbocycles. The Morgan fingerprint density at radius 3 is 2.67 bits per heavy atom. The van der Waals surface area contributed by atoms with Gasteiger partial charge in [0.15, 0.2) is 0 Å². The number of hydrogen-bond donors (Lipinski definition) is 0. The highest BCUT2D eigenvalue weighted by molar-refractivity contribution is 5.90. The summed E-state index contributed by atoms with van der Waals surface area (Å²) >= 11 is 0. The summed E-state index contributed by atoms with van der Waals surface area (Å²) in [7, 11) is 0. The lowest BCUT2D eigenvalue weighted by Crippen LogP contribution is -2.22. The van der Waals surface area contributed by atoms with E-state index in [4.69, 9.17) is 14.2 Å². The van der Waals surface area contributed by atoms with Gasteiger partial charge in [-0.3, -0.25) is 0 Å². The van der Waals surface area contributed by atoms with E-state index in [0.29, 0.717) is 11.7 Å². The molecule has 132 valence electrons. The quantitative estimate of drug-likeness (QED) is 0.294. The van der Waals surface area contributed by atoms with Crippen molar-refractivity contribution in [2.24, 2.45) is 5.92 Å². The highest BCUT2D eigenvalue weighted by Gasteiger charge is 2.57. The van der Waals surface area contributed by atoms with Crippen LogP contribution in [-0.2, 0) is 19.0 Å². The second kappa shape index (κ2) is 5.43. The molecule has 0 radical (unpaired) electrons. The van der Waals surface area contributed by atoms with Crippen LogP contribution in [0.25, 0.3) is 0 Å². The minimum absolute atomic E-state index is 0.0400. The molecule has 0 amide bonds. The molecule has 3 fully saturated rings. The van der Waals surface area contributed by atoms with Crippen LogP contribution in [0.4, 0.5) is 0 Å². The zero-order chi connectivity index (χ0) is 17.1. The number of carbonyl (C=O) groups is 1. The standard InChI is InChI=1S/C20H28O4/c1-12-6-5-8-19(3)16(23-19)7-9-20(4)17(24-20)11-14-13(2)18(21)22-15(14)10-12/h6,14-17H,2,5,7-11H2,1,3-4H3/b12-6+/t14-,15+,16+,17-,19+,20-/m1/s1. The van der Waals surface area contributed by atoms with E-state index in [1.807, 2.05) is 0 Å². The van der Waals surface area contributed by atoms with Gasteiger partial charge in [-0.25, -0.2) is 4.79 Å². The minimum Gasteiger partial charge on any atom is -0.458 e. The molecule has 4 heteroatoms. The smallest absolute Gasteiger partial charge is 0.334 e. The van der Waals surface area contributed by atoms with Crippen molar-refractivity contribution in [3.05, 3.63) is 23.8 Å². The largest absolute Gasteiger partial charge is 0.458 e. The Morgan fingerprint density at radius 2 is 1.88 bits per heavy atom. The zero-order valence-electron chi connectivity index (χ0n) is 15.0. The van der Waals surface area contributed by atoms with Crippen molar-refractivity contribution in [1.82, 2.24) is 0 Å². The molecule has 1 aliphatic carbocycles. The topological polar surface area (TPSA) is 51.4 Å². The van der Waals surface area contributed by atoms with Crippen LogP contribution in [0.3, 0.4) is 0 Å². The van der Waals surface area contributed by atoms with Gasteiger partial charge in [0.2, 0.25) is 0 Å². The number of hydrogen-bond acceptors (Lipinski definition) is 4. The van der Waals surface area contributed by atoms with Gasteiger partial charge in [0.25, 0.3) is 0 Å². The van der Waals surface area contributed by atoms with E-state index in [2.05, 4.69) is 33.4 Å². The van der Waals surface area contributed by atoms with Crippen LogP contribution in [0, 0.1) is 5.92 Å². The molecule has 4 aliphatic rings. The third-order valence-corrected chi connectivity index (χ3v) is 6.52. The van der Waals surface area contributed by atoms with Crippen molar-refractivity contribution in [1.29, 1.82) is 0 Å².